The molecular weight excluding hydrogens is 304 g/mol. The minimum atomic E-state index is -3.92. The van der Waals surface area contributed by atoms with Gasteiger partial charge in [-0.15, -0.1) is 0 Å². The maximum absolute atomic E-state index is 12.4. The van der Waals surface area contributed by atoms with Crippen molar-refractivity contribution in [2.45, 2.75) is 18.7 Å². The molecule has 2 aromatic rings. The van der Waals surface area contributed by atoms with Crippen LogP contribution in [-0.4, -0.2) is 21.6 Å². The third kappa shape index (κ3) is 2.74. The smallest absolute Gasteiger partial charge is 0.339 e. The molecule has 0 amide bonds. The van der Waals surface area contributed by atoms with E-state index >= 15 is 0 Å². The van der Waals surface area contributed by atoms with Gasteiger partial charge in [-0.3, -0.25) is 0 Å². The Balaban J connectivity index is 1.94. The first-order valence-corrected chi connectivity index (χ1v) is 8.28. The van der Waals surface area contributed by atoms with Gasteiger partial charge in [-0.25, -0.2) is 0 Å². The highest BCUT2D eigenvalue weighted by Gasteiger charge is 2.22. The zero-order valence-corrected chi connectivity index (χ0v) is 13.1. The van der Waals surface area contributed by atoms with Crippen molar-refractivity contribution in [2.24, 2.45) is 0 Å². The second-order valence-corrected chi connectivity index (χ2v) is 6.59. The molecule has 1 aliphatic rings. The molecule has 1 aliphatic heterocycles. The molecule has 0 aromatic heterocycles. The van der Waals surface area contributed by atoms with Gasteiger partial charge in [0.15, 0.2) is 11.5 Å². The molecule has 0 bridgehead atoms. The van der Waals surface area contributed by atoms with Crippen molar-refractivity contribution in [3.8, 4) is 17.2 Å². The normalized spacial score (nSPS) is 13.7. The van der Waals surface area contributed by atoms with Crippen LogP contribution in [0.15, 0.2) is 41.3 Å². The summed E-state index contributed by atoms with van der Waals surface area (Å²) in [5.41, 5.74) is 1.76. The summed E-state index contributed by atoms with van der Waals surface area (Å²) in [6, 6.07) is 9.75. The molecule has 0 saturated carbocycles. The van der Waals surface area contributed by atoms with Crippen LogP contribution in [0.2, 0.25) is 0 Å². The van der Waals surface area contributed by atoms with E-state index < -0.39 is 10.1 Å². The second-order valence-electron chi connectivity index (χ2n) is 5.04. The minimum Gasteiger partial charge on any atom is -0.486 e. The summed E-state index contributed by atoms with van der Waals surface area (Å²) in [6.07, 6.45) is 0. The summed E-state index contributed by atoms with van der Waals surface area (Å²) in [5, 5.41) is 0. The fourth-order valence-electron chi connectivity index (χ4n) is 2.16. The van der Waals surface area contributed by atoms with Crippen molar-refractivity contribution in [2.75, 3.05) is 13.2 Å². The largest absolute Gasteiger partial charge is 0.486 e. The minimum absolute atomic E-state index is 0.0395. The molecule has 0 atom stereocenters. The van der Waals surface area contributed by atoms with Crippen LogP contribution in [-0.2, 0) is 10.1 Å². The molecule has 1 heterocycles. The first-order valence-electron chi connectivity index (χ1n) is 6.88. The van der Waals surface area contributed by atoms with Crippen molar-refractivity contribution in [1.82, 2.24) is 0 Å². The average Bonchev–Trinajstić information content (AvgIpc) is 2.51. The van der Waals surface area contributed by atoms with Gasteiger partial charge in [-0.05, 0) is 43.2 Å². The lowest BCUT2D eigenvalue weighted by Gasteiger charge is -2.19. The number of fused-ring (bicyclic) bond motifs is 1. The lowest BCUT2D eigenvalue weighted by molar-refractivity contribution is 0.171. The van der Waals surface area contributed by atoms with Crippen molar-refractivity contribution < 1.29 is 22.1 Å². The van der Waals surface area contributed by atoms with Crippen molar-refractivity contribution >= 4 is 10.1 Å². The molecule has 3 rings (SSSR count). The Hall–Kier alpha value is -2.21. The Labute approximate surface area is 129 Å². The maximum atomic E-state index is 12.4. The standard InChI is InChI=1S/C16H16O5S/c1-11-4-3-5-14(12(11)2)21-22(17,18)13-6-7-15-16(10-13)20-9-8-19-15/h3-7,10H,8-9H2,1-2H3. The van der Waals surface area contributed by atoms with E-state index in [1.165, 1.54) is 12.1 Å². The van der Waals surface area contributed by atoms with Crippen molar-refractivity contribution in [3.63, 3.8) is 0 Å². The SMILES string of the molecule is Cc1cccc(OS(=O)(=O)c2ccc3c(c2)OCCO3)c1C. The summed E-state index contributed by atoms with van der Waals surface area (Å²) in [4.78, 5) is 0.0395. The van der Waals surface area contributed by atoms with E-state index in [4.69, 9.17) is 13.7 Å². The van der Waals surface area contributed by atoms with Crippen LogP contribution in [0.3, 0.4) is 0 Å². The fourth-order valence-corrected chi connectivity index (χ4v) is 3.16. The lowest BCUT2D eigenvalue weighted by atomic mass is 10.1. The number of hydrogen-bond acceptors (Lipinski definition) is 5. The third-order valence-corrected chi connectivity index (χ3v) is 4.79. The Morgan fingerprint density at radius 3 is 2.50 bits per heavy atom. The second kappa shape index (κ2) is 5.53. The quantitative estimate of drug-likeness (QED) is 0.814. The van der Waals surface area contributed by atoms with E-state index in [1.54, 1.807) is 18.2 Å². The van der Waals surface area contributed by atoms with E-state index in [0.29, 0.717) is 30.5 Å². The topological polar surface area (TPSA) is 61.8 Å². The van der Waals surface area contributed by atoms with Crippen LogP contribution in [0.5, 0.6) is 17.2 Å². The predicted octanol–water partition coefficient (Wildman–Crippen LogP) is 2.84. The first kappa shape index (κ1) is 14.7. The number of rotatable bonds is 3. The van der Waals surface area contributed by atoms with Gasteiger partial charge in [0, 0.05) is 6.07 Å². The predicted molar refractivity (Wildman–Crippen MR) is 81.2 cm³/mol. The van der Waals surface area contributed by atoms with E-state index in [0.717, 1.165) is 11.1 Å². The van der Waals surface area contributed by atoms with Gasteiger partial charge in [-0.1, -0.05) is 12.1 Å². The molecule has 0 unspecified atom stereocenters. The van der Waals surface area contributed by atoms with Gasteiger partial charge in [-0.2, -0.15) is 8.42 Å². The van der Waals surface area contributed by atoms with E-state index in [1.807, 2.05) is 19.9 Å². The highest BCUT2D eigenvalue weighted by Crippen LogP contribution is 2.33. The molecule has 0 saturated heterocycles. The molecule has 0 spiro atoms. The van der Waals surface area contributed by atoms with E-state index in [9.17, 15) is 8.42 Å². The van der Waals surface area contributed by atoms with Crippen LogP contribution in [0.4, 0.5) is 0 Å². The van der Waals surface area contributed by atoms with Crippen molar-refractivity contribution in [1.29, 1.82) is 0 Å². The molecule has 116 valence electrons. The van der Waals surface area contributed by atoms with Crippen LogP contribution in [0.1, 0.15) is 11.1 Å². The molecule has 0 N–H and O–H groups in total. The molecule has 0 aliphatic carbocycles. The monoisotopic (exact) mass is 320 g/mol. The average molecular weight is 320 g/mol. The van der Waals surface area contributed by atoms with Crippen LogP contribution >= 0.6 is 0 Å². The first-order chi connectivity index (χ1) is 10.5. The summed E-state index contributed by atoms with van der Waals surface area (Å²) in [5.74, 6) is 1.28. The zero-order valence-electron chi connectivity index (χ0n) is 12.3. The van der Waals surface area contributed by atoms with Gasteiger partial charge in [0.2, 0.25) is 0 Å². The number of benzene rings is 2. The highest BCUT2D eigenvalue weighted by atomic mass is 32.2. The molecule has 2 aromatic carbocycles. The molecule has 0 fully saturated rings. The third-order valence-electron chi connectivity index (χ3n) is 3.56. The summed E-state index contributed by atoms with van der Waals surface area (Å²) < 4.78 is 40.9. The van der Waals surface area contributed by atoms with Crippen LogP contribution < -0.4 is 13.7 Å². The van der Waals surface area contributed by atoms with Gasteiger partial charge < -0.3 is 13.7 Å². The fraction of sp³-hybridized carbons (Fsp3) is 0.250. The lowest BCUT2D eigenvalue weighted by Crippen LogP contribution is -2.16. The van der Waals surface area contributed by atoms with Gasteiger partial charge >= 0.3 is 10.1 Å². The number of aryl methyl sites for hydroxylation is 1. The highest BCUT2D eigenvalue weighted by molar-refractivity contribution is 7.87. The van der Waals surface area contributed by atoms with E-state index in [-0.39, 0.29) is 4.90 Å². The Morgan fingerprint density at radius 1 is 1.00 bits per heavy atom. The molecule has 5 nitrogen and oxygen atoms in total. The van der Waals surface area contributed by atoms with Gasteiger partial charge in [0.25, 0.3) is 0 Å². The Morgan fingerprint density at radius 2 is 1.73 bits per heavy atom. The molecule has 6 heteroatoms. The summed E-state index contributed by atoms with van der Waals surface area (Å²) in [6.45, 7) is 4.58. The number of ether oxygens (including phenoxy) is 2. The molecule has 22 heavy (non-hydrogen) atoms. The summed E-state index contributed by atoms with van der Waals surface area (Å²) >= 11 is 0. The Kier molecular flexibility index (Phi) is 3.70. The van der Waals surface area contributed by atoms with Crippen molar-refractivity contribution in [3.05, 3.63) is 47.5 Å². The van der Waals surface area contributed by atoms with Gasteiger partial charge in [0.1, 0.15) is 23.9 Å². The van der Waals surface area contributed by atoms with Crippen LogP contribution in [0.25, 0.3) is 0 Å². The Bertz CT molecular complexity index is 811. The zero-order chi connectivity index (χ0) is 15.7. The molecule has 0 radical (unpaired) electrons. The molecular formula is C16H16O5S. The maximum Gasteiger partial charge on any atom is 0.339 e. The number of hydrogen-bond donors (Lipinski definition) is 0. The van der Waals surface area contributed by atoms with Gasteiger partial charge in [0.05, 0.1) is 0 Å². The van der Waals surface area contributed by atoms with E-state index in [2.05, 4.69) is 0 Å². The van der Waals surface area contributed by atoms with Crippen LogP contribution in [0, 0.1) is 13.8 Å². The summed E-state index contributed by atoms with van der Waals surface area (Å²) in [7, 11) is -3.92.